The molecule has 1 aromatic rings. The molecule has 0 saturated heterocycles. The average molecular weight is 252 g/mol. The highest BCUT2D eigenvalue weighted by molar-refractivity contribution is 5.94. The van der Waals surface area contributed by atoms with Crippen LogP contribution in [0, 0.1) is 11.9 Å². The predicted molar refractivity (Wildman–Crippen MR) is 69.8 cm³/mol. The fourth-order valence-electron chi connectivity index (χ4n) is 1.83. The molecule has 0 spiro atoms. The van der Waals surface area contributed by atoms with Crippen molar-refractivity contribution >= 4 is 5.91 Å². The second-order valence-corrected chi connectivity index (χ2v) is 4.47. The smallest absolute Gasteiger partial charge is 0.255 e. The van der Waals surface area contributed by atoms with E-state index >= 15 is 0 Å². The lowest BCUT2D eigenvalue weighted by Crippen LogP contribution is -2.30. The molecule has 0 saturated carbocycles. The number of hydrogen-bond acceptors (Lipinski definition) is 2. The van der Waals surface area contributed by atoms with E-state index in [1.54, 1.807) is 6.07 Å². The summed E-state index contributed by atoms with van der Waals surface area (Å²) in [6, 6.07) is 3.01. The third kappa shape index (κ3) is 4.43. The first kappa shape index (κ1) is 14.6. The molecule has 1 aromatic heterocycles. The van der Waals surface area contributed by atoms with Gasteiger partial charge in [0, 0.05) is 12.7 Å². The molecule has 1 heterocycles. The predicted octanol–water partition coefficient (Wildman–Crippen LogP) is 3.17. The van der Waals surface area contributed by atoms with Crippen LogP contribution in [0.25, 0.3) is 0 Å². The highest BCUT2D eigenvalue weighted by atomic mass is 19.1. The zero-order chi connectivity index (χ0) is 13.4. The van der Waals surface area contributed by atoms with Gasteiger partial charge in [0.15, 0.2) is 0 Å². The zero-order valence-electron chi connectivity index (χ0n) is 11.1. The monoisotopic (exact) mass is 252 g/mol. The third-order valence-corrected chi connectivity index (χ3v) is 3.10. The van der Waals surface area contributed by atoms with E-state index in [1.807, 2.05) is 0 Å². The van der Waals surface area contributed by atoms with Gasteiger partial charge in [0.2, 0.25) is 5.95 Å². The molecule has 0 aliphatic carbocycles. The van der Waals surface area contributed by atoms with Crippen molar-refractivity contribution in [2.45, 2.75) is 39.5 Å². The van der Waals surface area contributed by atoms with Gasteiger partial charge in [-0.1, -0.05) is 33.1 Å². The van der Waals surface area contributed by atoms with Gasteiger partial charge in [-0.25, -0.2) is 4.98 Å². The Kier molecular flexibility index (Phi) is 6.33. The highest BCUT2D eigenvalue weighted by Crippen LogP contribution is 2.11. The van der Waals surface area contributed by atoms with Crippen LogP contribution in [-0.4, -0.2) is 17.4 Å². The molecular formula is C14H21FN2O. The second kappa shape index (κ2) is 7.80. The normalized spacial score (nSPS) is 12.2. The maximum absolute atomic E-state index is 13.3. The third-order valence-electron chi connectivity index (χ3n) is 3.10. The van der Waals surface area contributed by atoms with Crippen molar-refractivity contribution in [2.24, 2.45) is 5.92 Å². The minimum absolute atomic E-state index is 0.0165. The van der Waals surface area contributed by atoms with Crippen molar-refractivity contribution in [3.8, 4) is 0 Å². The zero-order valence-corrected chi connectivity index (χ0v) is 11.1. The summed E-state index contributed by atoms with van der Waals surface area (Å²) in [6.07, 6.45) is 5.78. The van der Waals surface area contributed by atoms with Crippen LogP contribution < -0.4 is 5.32 Å². The molecule has 1 N–H and O–H groups in total. The van der Waals surface area contributed by atoms with Gasteiger partial charge < -0.3 is 5.32 Å². The molecular weight excluding hydrogens is 231 g/mol. The van der Waals surface area contributed by atoms with Crippen molar-refractivity contribution in [3.05, 3.63) is 29.8 Å². The van der Waals surface area contributed by atoms with E-state index < -0.39 is 5.95 Å². The molecule has 0 radical (unpaired) electrons. The number of amides is 1. The molecule has 0 aliphatic heterocycles. The van der Waals surface area contributed by atoms with E-state index in [-0.39, 0.29) is 11.5 Å². The van der Waals surface area contributed by atoms with Crippen molar-refractivity contribution < 1.29 is 9.18 Å². The van der Waals surface area contributed by atoms with E-state index in [1.165, 1.54) is 12.3 Å². The Labute approximate surface area is 108 Å². The summed E-state index contributed by atoms with van der Waals surface area (Å²) in [4.78, 5) is 15.2. The lowest BCUT2D eigenvalue weighted by atomic mass is 9.99. The molecule has 1 unspecified atom stereocenters. The van der Waals surface area contributed by atoms with Crippen molar-refractivity contribution in [1.29, 1.82) is 0 Å². The Morgan fingerprint density at radius 1 is 1.50 bits per heavy atom. The fourth-order valence-corrected chi connectivity index (χ4v) is 1.83. The van der Waals surface area contributed by atoms with Crippen LogP contribution >= 0.6 is 0 Å². The van der Waals surface area contributed by atoms with Gasteiger partial charge in [-0.2, -0.15) is 4.39 Å². The van der Waals surface area contributed by atoms with Gasteiger partial charge in [0.05, 0.1) is 5.56 Å². The van der Waals surface area contributed by atoms with Crippen LogP contribution in [0.15, 0.2) is 18.3 Å². The molecule has 0 bridgehead atoms. The summed E-state index contributed by atoms with van der Waals surface area (Å²) in [5.74, 6) is -0.624. The molecule has 0 fully saturated rings. The fraction of sp³-hybridized carbons (Fsp3) is 0.571. The molecule has 18 heavy (non-hydrogen) atoms. The number of nitrogens with one attached hydrogen (secondary N) is 1. The summed E-state index contributed by atoms with van der Waals surface area (Å²) < 4.78 is 13.3. The number of carbonyl (C=O) groups is 1. The van der Waals surface area contributed by atoms with Crippen molar-refractivity contribution in [2.75, 3.05) is 6.54 Å². The summed E-state index contributed by atoms with van der Waals surface area (Å²) in [7, 11) is 0. The Morgan fingerprint density at radius 3 is 2.89 bits per heavy atom. The Morgan fingerprint density at radius 2 is 2.28 bits per heavy atom. The number of hydrogen-bond donors (Lipinski definition) is 1. The van der Waals surface area contributed by atoms with Crippen molar-refractivity contribution in [3.63, 3.8) is 0 Å². The quantitative estimate of drug-likeness (QED) is 0.757. The van der Waals surface area contributed by atoms with Crippen LogP contribution in [0.1, 0.15) is 49.9 Å². The molecule has 1 atom stereocenters. The number of pyridine rings is 1. The van der Waals surface area contributed by atoms with Crippen LogP contribution in [-0.2, 0) is 0 Å². The van der Waals surface area contributed by atoms with E-state index in [0.29, 0.717) is 12.5 Å². The topological polar surface area (TPSA) is 42.0 Å². The van der Waals surface area contributed by atoms with Crippen LogP contribution in [0.3, 0.4) is 0 Å². The summed E-state index contributed by atoms with van der Waals surface area (Å²) in [6.45, 7) is 4.86. The van der Waals surface area contributed by atoms with Crippen LogP contribution in [0.2, 0.25) is 0 Å². The Balaban J connectivity index is 2.47. The Hall–Kier alpha value is -1.45. The van der Waals surface area contributed by atoms with Crippen LogP contribution in [0.5, 0.6) is 0 Å². The lowest BCUT2D eigenvalue weighted by molar-refractivity contribution is 0.0941. The number of halogens is 1. The lowest BCUT2D eigenvalue weighted by Gasteiger charge is -2.15. The molecule has 1 rings (SSSR count). The molecule has 0 aliphatic rings. The largest absolute Gasteiger partial charge is 0.352 e. The van der Waals surface area contributed by atoms with Gasteiger partial charge in [0.25, 0.3) is 5.91 Å². The standard InChI is InChI=1S/C14H21FN2O/c1-3-5-7-11(4-2)10-17-14(18)12-8-6-9-16-13(12)15/h6,8-9,11H,3-5,7,10H2,1-2H3,(H,17,18). The number of aromatic nitrogens is 1. The van der Waals surface area contributed by atoms with E-state index in [2.05, 4.69) is 24.1 Å². The minimum Gasteiger partial charge on any atom is -0.352 e. The molecule has 1 amide bonds. The maximum atomic E-state index is 13.3. The Bertz CT molecular complexity index is 382. The van der Waals surface area contributed by atoms with E-state index in [4.69, 9.17) is 0 Å². The maximum Gasteiger partial charge on any atom is 0.255 e. The summed E-state index contributed by atoms with van der Waals surface area (Å²) >= 11 is 0. The number of carbonyl (C=O) groups excluding carboxylic acids is 1. The van der Waals surface area contributed by atoms with E-state index in [9.17, 15) is 9.18 Å². The summed E-state index contributed by atoms with van der Waals surface area (Å²) in [5.41, 5.74) is 0.0165. The first-order valence-electron chi connectivity index (χ1n) is 6.57. The van der Waals surface area contributed by atoms with Crippen LogP contribution in [0.4, 0.5) is 4.39 Å². The number of rotatable bonds is 7. The highest BCUT2D eigenvalue weighted by Gasteiger charge is 2.13. The average Bonchev–Trinajstić information content (AvgIpc) is 2.39. The van der Waals surface area contributed by atoms with Gasteiger partial charge in [-0.05, 0) is 24.5 Å². The van der Waals surface area contributed by atoms with Crippen molar-refractivity contribution in [1.82, 2.24) is 10.3 Å². The van der Waals surface area contributed by atoms with Gasteiger partial charge in [0.1, 0.15) is 0 Å². The van der Waals surface area contributed by atoms with Gasteiger partial charge in [-0.15, -0.1) is 0 Å². The number of nitrogens with zero attached hydrogens (tertiary/aromatic N) is 1. The SMILES string of the molecule is CCCCC(CC)CNC(=O)c1cccnc1F. The first-order valence-corrected chi connectivity index (χ1v) is 6.57. The molecule has 4 heteroatoms. The molecule has 3 nitrogen and oxygen atoms in total. The minimum atomic E-state index is -0.711. The van der Waals surface area contributed by atoms with Gasteiger partial charge in [-0.3, -0.25) is 4.79 Å². The second-order valence-electron chi connectivity index (χ2n) is 4.47. The van der Waals surface area contributed by atoms with Gasteiger partial charge >= 0.3 is 0 Å². The summed E-state index contributed by atoms with van der Waals surface area (Å²) in [5, 5.41) is 2.78. The number of unbranched alkanes of at least 4 members (excludes halogenated alkanes) is 1. The molecule has 0 aromatic carbocycles. The molecule has 100 valence electrons. The first-order chi connectivity index (χ1) is 8.69. The van der Waals surface area contributed by atoms with E-state index in [0.717, 1.165) is 25.7 Å².